The van der Waals surface area contributed by atoms with Gasteiger partial charge in [-0.15, -0.1) is 34.0 Å². The first-order valence-corrected chi connectivity index (χ1v) is 19.0. The fraction of sp³-hybridized carbons (Fsp3) is 0.432. The Morgan fingerprint density at radius 1 is 0.851 bits per heavy atom. The molecule has 0 aromatic carbocycles. The Morgan fingerprint density at radius 3 is 2.38 bits per heavy atom. The molecule has 6 nitrogen and oxygen atoms in total. The number of nitrogens with zero attached hydrogens (tertiary/aromatic N) is 3. The lowest BCUT2D eigenvalue weighted by Crippen LogP contribution is -2.32. The molecule has 3 aliphatic rings. The summed E-state index contributed by atoms with van der Waals surface area (Å²) in [6.07, 6.45) is 12.6. The third-order valence-electron chi connectivity index (χ3n) is 9.77. The molecule has 4 atom stereocenters. The number of aryl methyl sites for hydroxylation is 1. The molecule has 4 unspecified atom stereocenters. The highest BCUT2D eigenvalue weighted by Crippen LogP contribution is 2.41. The summed E-state index contributed by atoms with van der Waals surface area (Å²) >= 11 is 4.90. The van der Waals surface area contributed by atoms with Crippen LogP contribution in [0.3, 0.4) is 0 Å². The maximum Gasteiger partial charge on any atom is 0.179 e. The average Bonchev–Trinajstić information content (AvgIpc) is 3.70. The number of halogens is 1. The molecule has 6 heterocycles. The van der Waals surface area contributed by atoms with Gasteiger partial charge in [-0.05, 0) is 121 Å². The van der Waals surface area contributed by atoms with Crippen molar-refractivity contribution in [3.8, 4) is 0 Å². The van der Waals surface area contributed by atoms with E-state index in [-0.39, 0.29) is 23.3 Å². The van der Waals surface area contributed by atoms with Crippen LogP contribution in [-0.4, -0.2) is 18.0 Å². The van der Waals surface area contributed by atoms with Crippen molar-refractivity contribution in [3.05, 3.63) is 99.7 Å². The van der Waals surface area contributed by atoms with E-state index in [0.29, 0.717) is 18.3 Å². The highest BCUT2D eigenvalue weighted by Gasteiger charge is 2.30. The summed E-state index contributed by atoms with van der Waals surface area (Å²) in [7, 11) is 0. The van der Waals surface area contributed by atoms with Crippen LogP contribution in [0.15, 0.2) is 61.6 Å². The average molecular weight is 689 g/mol. The summed E-state index contributed by atoms with van der Waals surface area (Å²) in [4.78, 5) is 17.5. The Labute approximate surface area is 290 Å². The van der Waals surface area contributed by atoms with Gasteiger partial charge in [0.1, 0.15) is 5.84 Å². The monoisotopic (exact) mass is 688 g/mol. The van der Waals surface area contributed by atoms with E-state index in [1.54, 1.807) is 11.3 Å². The zero-order chi connectivity index (χ0) is 33.4. The van der Waals surface area contributed by atoms with Crippen LogP contribution >= 0.6 is 34.0 Å². The molecular weight excluding hydrogens is 644 g/mol. The first kappa shape index (κ1) is 33.6. The maximum absolute atomic E-state index is 14.3. The van der Waals surface area contributed by atoms with Gasteiger partial charge >= 0.3 is 0 Å². The Bertz CT molecular complexity index is 1830. The first-order valence-electron chi connectivity index (χ1n) is 16.4. The molecule has 0 fully saturated rings. The summed E-state index contributed by atoms with van der Waals surface area (Å²) in [5.41, 5.74) is 9.80. The highest BCUT2D eigenvalue weighted by atomic mass is 32.1. The molecule has 3 aliphatic heterocycles. The van der Waals surface area contributed by atoms with Crippen LogP contribution in [0, 0.1) is 44.7 Å². The first-order chi connectivity index (χ1) is 22.5. The number of thiophene rings is 3. The van der Waals surface area contributed by atoms with Gasteiger partial charge in [-0.2, -0.15) is 4.39 Å². The SMILES string of the molecule is CC1=NC=C(C(C)C)C(c2scc(C)c2CCC(C)C2=CN=CNC2c2scc(CC3=NC=CC(c4sc(F)c(C)c4C)N3)c2C)N1. The van der Waals surface area contributed by atoms with Gasteiger partial charge in [-0.1, -0.05) is 20.8 Å². The maximum atomic E-state index is 14.3. The smallest absolute Gasteiger partial charge is 0.179 e. The molecule has 47 heavy (non-hydrogen) atoms. The topological polar surface area (TPSA) is 73.2 Å². The summed E-state index contributed by atoms with van der Waals surface area (Å²) in [5.74, 6) is 2.65. The quantitative estimate of drug-likeness (QED) is 0.199. The number of aliphatic imine (C=N–C) groups is 3. The molecular formula is C37H45FN6S3. The molecule has 0 bridgehead atoms. The van der Waals surface area contributed by atoms with E-state index in [4.69, 9.17) is 0 Å². The molecule has 3 N–H and O–H groups in total. The van der Waals surface area contributed by atoms with Gasteiger partial charge in [-0.25, -0.2) is 15.0 Å². The minimum atomic E-state index is -0.105. The standard InChI is InChI=1S/C37H45FN6S3/c1-19(2)28-15-41-25(8)43-33(28)36-27(21(4)16-45-36)10-9-20(3)29-14-39-18-42-32(29)35-24(7)26(17-46-35)13-31-40-12-11-30(44-31)34-22(5)23(6)37(38)47-34/h11-12,14-20,30,32-33H,9-10,13H2,1-8H3,(H,39,42)(H,40,44)(H,41,43). The normalized spacial score (nSPS) is 21.4. The minimum Gasteiger partial charge on any atom is -0.365 e. The summed E-state index contributed by atoms with van der Waals surface area (Å²) in [6, 6.07) is 0.213. The van der Waals surface area contributed by atoms with E-state index in [1.165, 1.54) is 54.5 Å². The van der Waals surface area contributed by atoms with Gasteiger partial charge in [0.2, 0.25) is 0 Å². The van der Waals surface area contributed by atoms with Crippen LogP contribution in [0.25, 0.3) is 0 Å². The number of nitrogens with one attached hydrogen (secondary N) is 3. The molecule has 6 rings (SSSR count). The number of hydrogen-bond acceptors (Lipinski definition) is 9. The third kappa shape index (κ3) is 6.82. The lowest BCUT2D eigenvalue weighted by molar-refractivity contribution is 0.542. The second-order valence-corrected chi connectivity index (χ2v) is 16.1. The van der Waals surface area contributed by atoms with Gasteiger partial charge in [0.15, 0.2) is 5.13 Å². The minimum absolute atomic E-state index is 0.0628. The zero-order valence-corrected chi connectivity index (χ0v) is 30.9. The van der Waals surface area contributed by atoms with Crippen molar-refractivity contribution in [1.82, 2.24) is 16.0 Å². The Balaban J connectivity index is 1.15. The third-order valence-corrected chi connectivity index (χ3v) is 13.4. The lowest BCUT2D eigenvalue weighted by Gasteiger charge is -2.29. The van der Waals surface area contributed by atoms with Crippen LogP contribution in [-0.2, 0) is 12.8 Å². The fourth-order valence-corrected chi connectivity index (χ4v) is 10.1. The van der Waals surface area contributed by atoms with E-state index in [1.807, 2.05) is 50.7 Å². The molecule has 0 radical (unpaired) electrons. The number of rotatable bonds is 10. The van der Waals surface area contributed by atoms with Gasteiger partial charge in [-0.3, -0.25) is 0 Å². The molecule has 3 aromatic heterocycles. The van der Waals surface area contributed by atoms with Gasteiger partial charge in [0.25, 0.3) is 0 Å². The van der Waals surface area contributed by atoms with E-state index < -0.39 is 0 Å². The summed E-state index contributed by atoms with van der Waals surface area (Å²) in [6.45, 7) is 17.2. The van der Waals surface area contributed by atoms with Crippen molar-refractivity contribution in [2.24, 2.45) is 26.8 Å². The van der Waals surface area contributed by atoms with Crippen molar-refractivity contribution >= 4 is 52.0 Å². The molecule has 0 saturated heterocycles. The molecule has 0 spiro atoms. The number of hydrogen-bond donors (Lipinski definition) is 3. The fourth-order valence-electron chi connectivity index (χ4n) is 6.62. The predicted molar refractivity (Wildman–Crippen MR) is 200 cm³/mol. The second-order valence-electron chi connectivity index (χ2n) is 13.2. The van der Waals surface area contributed by atoms with Crippen molar-refractivity contribution in [1.29, 1.82) is 0 Å². The Hall–Kier alpha value is -3.34. The molecule has 0 aliphatic carbocycles. The molecule has 0 amide bonds. The summed E-state index contributed by atoms with van der Waals surface area (Å²) in [5, 5.41) is 15.3. The Kier molecular flexibility index (Phi) is 10.0. The van der Waals surface area contributed by atoms with Gasteiger partial charge in [0, 0.05) is 39.7 Å². The molecule has 248 valence electrons. The van der Waals surface area contributed by atoms with Crippen molar-refractivity contribution in [2.45, 2.75) is 92.8 Å². The van der Waals surface area contributed by atoms with Crippen LogP contribution in [0.1, 0.15) is 100 Å². The molecule has 10 heteroatoms. The Morgan fingerprint density at radius 2 is 1.64 bits per heavy atom. The van der Waals surface area contributed by atoms with E-state index >= 15 is 0 Å². The van der Waals surface area contributed by atoms with Gasteiger partial charge in [0.05, 0.1) is 30.3 Å². The van der Waals surface area contributed by atoms with Crippen molar-refractivity contribution in [3.63, 3.8) is 0 Å². The van der Waals surface area contributed by atoms with Crippen LogP contribution < -0.4 is 16.0 Å². The zero-order valence-electron chi connectivity index (χ0n) is 28.5. The van der Waals surface area contributed by atoms with E-state index in [9.17, 15) is 4.39 Å². The van der Waals surface area contributed by atoms with Gasteiger partial charge < -0.3 is 16.0 Å². The predicted octanol–water partition coefficient (Wildman–Crippen LogP) is 9.47. The van der Waals surface area contributed by atoms with E-state index in [0.717, 1.165) is 40.5 Å². The van der Waals surface area contributed by atoms with Crippen molar-refractivity contribution in [2.75, 3.05) is 0 Å². The van der Waals surface area contributed by atoms with Crippen molar-refractivity contribution < 1.29 is 4.39 Å². The van der Waals surface area contributed by atoms with E-state index in [2.05, 4.69) is 88.7 Å². The molecule has 3 aromatic rings. The summed E-state index contributed by atoms with van der Waals surface area (Å²) < 4.78 is 14.3. The highest BCUT2D eigenvalue weighted by molar-refractivity contribution is 7.11. The lowest BCUT2D eigenvalue weighted by atomic mass is 9.86. The molecule has 0 saturated carbocycles. The van der Waals surface area contributed by atoms with Crippen LogP contribution in [0.4, 0.5) is 4.39 Å². The van der Waals surface area contributed by atoms with Crippen LogP contribution in [0.2, 0.25) is 0 Å². The second kappa shape index (κ2) is 14.0. The van der Waals surface area contributed by atoms with Crippen LogP contribution in [0.5, 0.6) is 0 Å². The largest absolute Gasteiger partial charge is 0.365 e. The number of amidine groups is 2.